The summed E-state index contributed by atoms with van der Waals surface area (Å²) < 4.78 is 10.3. The molecule has 1 N–H and O–H groups in total. The number of hydrogen-bond donors (Lipinski definition) is 1. The van der Waals surface area contributed by atoms with Crippen molar-refractivity contribution in [3.8, 4) is 18.1 Å². The largest absolute Gasteiger partial charge is 0.480 e. The lowest BCUT2D eigenvalue weighted by atomic mass is 9.99. The molecule has 1 saturated heterocycles. The average molecular weight is 454 g/mol. The maximum Gasteiger partial charge on any atom is 0.337 e. The van der Waals surface area contributed by atoms with Crippen LogP contribution in [0.3, 0.4) is 0 Å². The first kappa shape index (κ1) is 22.3. The van der Waals surface area contributed by atoms with E-state index in [9.17, 15) is 19.2 Å². The van der Waals surface area contributed by atoms with Gasteiger partial charge in [0.25, 0.3) is 11.8 Å². The van der Waals surface area contributed by atoms with Crippen LogP contribution in [0.1, 0.15) is 15.9 Å². The number of carbonyl (C=O) groups is 4. The zero-order valence-electron chi connectivity index (χ0n) is 18.0. The van der Waals surface area contributed by atoms with Crippen molar-refractivity contribution in [3.63, 3.8) is 0 Å². The third-order valence-corrected chi connectivity index (χ3v) is 5.18. The van der Waals surface area contributed by atoms with Crippen molar-refractivity contribution in [1.29, 1.82) is 0 Å². The number of anilines is 1. The minimum atomic E-state index is -0.903. The fourth-order valence-electron chi connectivity index (χ4n) is 3.57. The second kappa shape index (κ2) is 9.30. The van der Waals surface area contributed by atoms with Gasteiger partial charge >= 0.3 is 12.0 Å². The zero-order chi connectivity index (χ0) is 24.2. The van der Waals surface area contributed by atoms with E-state index in [0.29, 0.717) is 11.3 Å². The highest BCUT2D eigenvalue weighted by molar-refractivity contribution is 6.39. The van der Waals surface area contributed by atoms with Crippen molar-refractivity contribution in [1.82, 2.24) is 5.32 Å². The van der Waals surface area contributed by atoms with E-state index in [1.165, 1.54) is 37.5 Å². The molecule has 0 aromatic heterocycles. The number of urea groups is 1. The molecule has 3 aromatic carbocycles. The lowest BCUT2D eigenvalue weighted by molar-refractivity contribution is -0.122. The van der Waals surface area contributed by atoms with Crippen molar-refractivity contribution in [2.24, 2.45) is 0 Å². The normalized spacial score (nSPS) is 14.6. The molecule has 1 aliphatic heterocycles. The summed E-state index contributed by atoms with van der Waals surface area (Å²) in [6.45, 7) is -0.00812. The van der Waals surface area contributed by atoms with E-state index >= 15 is 0 Å². The lowest BCUT2D eigenvalue weighted by Gasteiger charge is -2.26. The van der Waals surface area contributed by atoms with E-state index in [1.807, 2.05) is 30.3 Å². The summed E-state index contributed by atoms with van der Waals surface area (Å²) in [4.78, 5) is 51.0. The number of terminal acetylenes is 1. The number of esters is 1. The second-order valence-corrected chi connectivity index (χ2v) is 7.19. The molecule has 8 nitrogen and oxygen atoms in total. The number of amides is 4. The highest BCUT2D eigenvalue weighted by atomic mass is 16.5. The van der Waals surface area contributed by atoms with Gasteiger partial charge in [0.15, 0.2) is 0 Å². The Balaban J connectivity index is 1.79. The molecule has 0 bridgehead atoms. The van der Waals surface area contributed by atoms with Gasteiger partial charge in [-0.3, -0.25) is 14.9 Å². The fourth-order valence-corrected chi connectivity index (χ4v) is 3.57. The van der Waals surface area contributed by atoms with Crippen LogP contribution >= 0.6 is 0 Å². The summed E-state index contributed by atoms with van der Waals surface area (Å²) in [6.07, 6.45) is 6.70. The number of benzene rings is 3. The molecule has 0 atom stereocenters. The molecule has 1 heterocycles. The predicted molar refractivity (Wildman–Crippen MR) is 125 cm³/mol. The molecule has 4 amide bonds. The van der Waals surface area contributed by atoms with Crippen LogP contribution in [-0.2, 0) is 14.3 Å². The average Bonchev–Trinajstić information content (AvgIpc) is 2.85. The Bertz CT molecular complexity index is 1400. The first-order valence-corrected chi connectivity index (χ1v) is 10.1. The van der Waals surface area contributed by atoms with Crippen LogP contribution in [0.5, 0.6) is 5.75 Å². The number of methoxy groups -OCH3 is 1. The lowest BCUT2D eigenvalue weighted by Crippen LogP contribution is -2.54. The van der Waals surface area contributed by atoms with Crippen LogP contribution in [0.15, 0.2) is 66.2 Å². The number of ether oxygens (including phenoxy) is 2. The molecular weight excluding hydrogens is 436 g/mol. The fraction of sp³-hybridized carbons (Fsp3) is 0.0769. The Kier molecular flexibility index (Phi) is 6.10. The van der Waals surface area contributed by atoms with Crippen molar-refractivity contribution in [2.75, 3.05) is 18.6 Å². The van der Waals surface area contributed by atoms with Gasteiger partial charge in [0.1, 0.15) is 17.9 Å². The molecule has 1 fully saturated rings. The summed E-state index contributed by atoms with van der Waals surface area (Å²) >= 11 is 0. The van der Waals surface area contributed by atoms with Gasteiger partial charge in [0.05, 0.1) is 18.4 Å². The first-order chi connectivity index (χ1) is 16.4. The molecule has 0 saturated carbocycles. The van der Waals surface area contributed by atoms with E-state index in [1.54, 1.807) is 6.07 Å². The highest BCUT2D eigenvalue weighted by Crippen LogP contribution is 2.32. The van der Waals surface area contributed by atoms with Crippen molar-refractivity contribution < 1.29 is 28.7 Å². The summed E-state index contributed by atoms with van der Waals surface area (Å²) in [5.41, 5.74) is 0.630. The summed E-state index contributed by atoms with van der Waals surface area (Å²) in [7, 11) is 1.25. The molecule has 0 aliphatic carbocycles. The van der Waals surface area contributed by atoms with Gasteiger partial charge in [-0.25, -0.2) is 14.5 Å². The predicted octanol–water partition coefficient (Wildman–Crippen LogP) is 3.30. The number of hydrogen-bond acceptors (Lipinski definition) is 6. The smallest absolute Gasteiger partial charge is 0.337 e. The van der Waals surface area contributed by atoms with Crippen LogP contribution in [0, 0.1) is 12.3 Å². The summed E-state index contributed by atoms with van der Waals surface area (Å²) in [5.74, 6) is 0.548. The van der Waals surface area contributed by atoms with Gasteiger partial charge in [-0.15, -0.1) is 6.42 Å². The Hall–Kier alpha value is -4.90. The van der Waals surface area contributed by atoms with Crippen molar-refractivity contribution in [3.05, 3.63) is 77.4 Å². The van der Waals surface area contributed by atoms with Crippen LogP contribution in [0.2, 0.25) is 0 Å². The molecule has 0 radical (unpaired) electrons. The quantitative estimate of drug-likeness (QED) is 0.275. The minimum absolute atomic E-state index is 0.00812. The van der Waals surface area contributed by atoms with Crippen LogP contribution < -0.4 is 15.0 Å². The molecule has 8 heteroatoms. The van der Waals surface area contributed by atoms with Gasteiger partial charge in [-0.1, -0.05) is 36.3 Å². The van der Waals surface area contributed by atoms with Gasteiger partial charge < -0.3 is 9.47 Å². The Morgan fingerprint density at radius 3 is 2.50 bits per heavy atom. The van der Waals surface area contributed by atoms with Gasteiger partial charge in [0, 0.05) is 5.56 Å². The van der Waals surface area contributed by atoms with E-state index in [-0.39, 0.29) is 23.4 Å². The number of imide groups is 2. The topological polar surface area (TPSA) is 102 Å². The second-order valence-electron chi connectivity index (χ2n) is 7.19. The number of carbonyl (C=O) groups excluding carboxylic acids is 4. The molecule has 3 aromatic rings. The molecule has 34 heavy (non-hydrogen) atoms. The van der Waals surface area contributed by atoms with Gasteiger partial charge in [0.2, 0.25) is 0 Å². The maximum atomic E-state index is 13.3. The third kappa shape index (κ3) is 4.10. The standard InChI is InChI=1S/C26H18N2O6/c1-3-14-34-22-13-10-16-6-4-5-7-19(16)20(22)15-21-23(29)27-26(32)28(24(21)30)18-11-8-17(9-12-18)25(31)33-2/h1,4-13,15H,14H2,2H3,(H,27,29,32)/b21-15+. The molecule has 0 spiro atoms. The number of rotatable bonds is 5. The van der Waals surface area contributed by atoms with Gasteiger partial charge in [-0.2, -0.15) is 0 Å². The van der Waals surface area contributed by atoms with Crippen LogP contribution in [0.25, 0.3) is 16.8 Å². The Morgan fingerprint density at radius 2 is 1.79 bits per heavy atom. The maximum absolute atomic E-state index is 13.3. The van der Waals surface area contributed by atoms with Crippen LogP contribution in [0.4, 0.5) is 10.5 Å². The molecular formula is C26H18N2O6. The first-order valence-electron chi connectivity index (χ1n) is 10.1. The van der Waals surface area contributed by atoms with Crippen LogP contribution in [-0.4, -0.2) is 37.5 Å². The monoisotopic (exact) mass is 454 g/mol. The SMILES string of the molecule is C#CCOc1ccc2ccccc2c1/C=C1\C(=O)NC(=O)N(c2ccc(C(=O)OC)cc2)C1=O. The van der Waals surface area contributed by atoms with Crippen molar-refractivity contribution >= 4 is 46.4 Å². The van der Waals surface area contributed by atoms with E-state index < -0.39 is 23.8 Å². The minimum Gasteiger partial charge on any atom is -0.480 e. The third-order valence-electron chi connectivity index (χ3n) is 5.18. The Labute approximate surface area is 194 Å². The number of barbiturate groups is 1. The Morgan fingerprint density at radius 1 is 1.06 bits per heavy atom. The van der Waals surface area contributed by atoms with E-state index in [2.05, 4.69) is 16.0 Å². The van der Waals surface area contributed by atoms with Gasteiger partial charge in [-0.05, 0) is 47.2 Å². The van der Waals surface area contributed by atoms with E-state index in [0.717, 1.165) is 15.7 Å². The van der Waals surface area contributed by atoms with E-state index in [4.69, 9.17) is 11.2 Å². The molecule has 0 unspecified atom stereocenters. The molecule has 1 aliphatic rings. The number of nitrogens with zero attached hydrogens (tertiary/aromatic N) is 1. The number of fused-ring (bicyclic) bond motifs is 1. The summed E-state index contributed by atoms with van der Waals surface area (Å²) in [5, 5.41) is 3.77. The molecule has 4 rings (SSSR count). The highest BCUT2D eigenvalue weighted by Gasteiger charge is 2.37. The number of nitrogens with one attached hydrogen (secondary N) is 1. The molecule has 168 valence electrons. The zero-order valence-corrected chi connectivity index (χ0v) is 18.0. The summed E-state index contributed by atoms with van der Waals surface area (Å²) in [6, 6.07) is 15.7. The van der Waals surface area contributed by atoms with Crippen molar-refractivity contribution in [2.45, 2.75) is 0 Å².